The SMILES string of the molecule is CC(C)C1=C(C(C)C)C(=O)N(C(C)C)C(C(C)C)=C(C(C)C)N1. The normalized spacial score (nSPS) is 17.3. The lowest BCUT2D eigenvalue weighted by Gasteiger charge is -2.33. The van der Waals surface area contributed by atoms with Crippen LogP contribution in [0.15, 0.2) is 22.7 Å². The molecule has 0 bridgehead atoms. The van der Waals surface area contributed by atoms with Crippen molar-refractivity contribution >= 4 is 5.91 Å². The van der Waals surface area contributed by atoms with Gasteiger partial charge in [0.1, 0.15) is 0 Å². The molecule has 1 rings (SSSR count). The molecule has 1 aliphatic rings. The van der Waals surface area contributed by atoms with Gasteiger partial charge < -0.3 is 10.2 Å². The Hall–Kier alpha value is -1.25. The van der Waals surface area contributed by atoms with Crippen LogP contribution in [0, 0.1) is 23.7 Å². The van der Waals surface area contributed by atoms with Crippen molar-refractivity contribution in [2.24, 2.45) is 23.7 Å². The summed E-state index contributed by atoms with van der Waals surface area (Å²) in [6, 6.07) is 0.149. The van der Waals surface area contributed by atoms with E-state index < -0.39 is 0 Å². The van der Waals surface area contributed by atoms with E-state index >= 15 is 0 Å². The van der Waals surface area contributed by atoms with Gasteiger partial charge in [-0.25, -0.2) is 0 Å². The Morgan fingerprint density at radius 1 is 0.696 bits per heavy atom. The van der Waals surface area contributed by atoms with Crippen molar-refractivity contribution < 1.29 is 4.79 Å². The standard InChI is InChI=1S/C20H36N2O/c1-11(2)16-17(12(3)4)21-18(13(5)6)19(14(7)8)22(15(9)10)20(16)23/h11-15,21H,1-10H3. The Labute approximate surface area is 143 Å². The number of nitrogens with zero attached hydrogens (tertiary/aromatic N) is 1. The van der Waals surface area contributed by atoms with Gasteiger partial charge in [-0.1, -0.05) is 55.4 Å². The zero-order chi connectivity index (χ0) is 18.1. The summed E-state index contributed by atoms with van der Waals surface area (Å²) in [6.45, 7) is 21.5. The average molecular weight is 321 g/mol. The van der Waals surface area contributed by atoms with E-state index in [1.165, 1.54) is 5.70 Å². The van der Waals surface area contributed by atoms with Gasteiger partial charge in [-0.2, -0.15) is 0 Å². The van der Waals surface area contributed by atoms with E-state index in [1.807, 2.05) is 4.90 Å². The molecule has 1 heterocycles. The molecule has 0 saturated carbocycles. The first-order chi connectivity index (χ1) is 10.5. The first kappa shape index (κ1) is 19.8. The third-order valence-electron chi connectivity index (χ3n) is 4.34. The Balaban J connectivity index is 3.73. The number of rotatable bonds is 5. The van der Waals surface area contributed by atoms with Crippen LogP contribution in [-0.2, 0) is 4.79 Å². The number of amides is 1. The van der Waals surface area contributed by atoms with Crippen LogP contribution in [-0.4, -0.2) is 16.8 Å². The number of carbonyl (C=O) groups is 1. The maximum absolute atomic E-state index is 13.4. The van der Waals surface area contributed by atoms with Crippen LogP contribution in [0.25, 0.3) is 0 Å². The van der Waals surface area contributed by atoms with Gasteiger partial charge >= 0.3 is 0 Å². The molecule has 3 nitrogen and oxygen atoms in total. The van der Waals surface area contributed by atoms with Crippen molar-refractivity contribution in [3.8, 4) is 0 Å². The molecular weight excluding hydrogens is 284 g/mol. The summed E-state index contributed by atoms with van der Waals surface area (Å²) in [5.41, 5.74) is 4.37. The minimum absolute atomic E-state index is 0.149. The molecule has 1 amide bonds. The van der Waals surface area contributed by atoms with Crippen molar-refractivity contribution in [1.29, 1.82) is 0 Å². The second-order valence-electron chi connectivity index (χ2n) is 8.14. The number of nitrogens with one attached hydrogen (secondary N) is 1. The molecule has 0 atom stereocenters. The first-order valence-electron chi connectivity index (χ1n) is 9.09. The lowest BCUT2D eigenvalue weighted by atomic mass is 9.94. The van der Waals surface area contributed by atoms with Gasteiger partial charge in [-0.15, -0.1) is 0 Å². The number of hydrogen-bond donors (Lipinski definition) is 1. The van der Waals surface area contributed by atoms with E-state index in [-0.39, 0.29) is 17.9 Å². The van der Waals surface area contributed by atoms with Crippen molar-refractivity contribution in [3.05, 3.63) is 22.7 Å². The minimum atomic E-state index is 0.149. The average Bonchev–Trinajstić information content (AvgIpc) is 2.52. The van der Waals surface area contributed by atoms with Gasteiger partial charge in [0.15, 0.2) is 0 Å². The summed E-state index contributed by atoms with van der Waals surface area (Å²) in [6.07, 6.45) is 0. The van der Waals surface area contributed by atoms with Crippen LogP contribution in [0.3, 0.4) is 0 Å². The Morgan fingerprint density at radius 2 is 1.17 bits per heavy atom. The molecule has 0 aliphatic carbocycles. The fourth-order valence-corrected chi connectivity index (χ4v) is 3.32. The van der Waals surface area contributed by atoms with E-state index in [9.17, 15) is 4.79 Å². The summed E-state index contributed by atoms with van der Waals surface area (Å²) in [5, 5.41) is 3.69. The predicted octanol–water partition coefficient (Wildman–Crippen LogP) is 4.92. The highest BCUT2D eigenvalue weighted by Gasteiger charge is 2.35. The molecule has 0 unspecified atom stereocenters. The summed E-state index contributed by atoms with van der Waals surface area (Å²) < 4.78 is 0. The van der Waals surface area contributed by atoms with Gasteiger partial charge in [0.2, 0.25) is 0 Å². The molecular formula is C20H36N2O. The Kier molecular flexibility index (Phi) is 6.49. The van der Waals surface area contributed by atoms with Crippen molar-refractivity contribution in [2.75, 3.05) is 0 Å². The maximum atomic E-state index is 13.4. The zero-order valence-corrected chi connectivity index (χ0v) is 16.7. The third-order valence-corrected chi connectivity index (χ3v) is 4.34. The van der Waals surface area contributed by atoms with E-state index in [0.717, 1.165) is 17.0 Å². The molecule has 1 N–H and O–H groups in total. The van der Waals surface area contributed by atoms with Gasteiger partial charge in [0.05, 0.1) is 0 Å². The lowest BCUT2D eigenvalue weighted by molar-refractivity contribution is -0.127. The largest absolute Gasteiger partial charge is 0.360 e. The monoisotopic (exact) mass is 320 g/mol. The summed E-state index contributed by atoms with van der Waals surface area (Å²) in [5.74, 6) is 1.32. The Bertz CT molecular complexity index is 508. The van der Waals surface area contributed by atoms with Crippen LogP contribution < -0.4 is 5.32 Å². The van der Waals surface area contributed by atoms with E-state index in [1.54, 1.807) is 0 Å². The molecule has 0 fully saturated rings. The molecule has 132 valence electrons. The molecule has 3 heteroatoms. The van der Waals surface area contributed by atoms with Crippen LogP contribution in [0.5, 0.6) is 0 Å². The highest BCUT2D eigenvalue weighted by atomic mass is 16.2. The number of carbonyl (C=O) groups excluding carboxylic acids is 1. The smallest absolute Gasteiger partial charge is 0.256 e. The molecule has 0 spiro atoms. The summed E-state index contributed by atoms with van der Waals surface area (Å²) >= 11 is 0. The second-order valence-corrected chi connectivity index (χ2v) is 8.14. The molecule has 0 aromatic rings. The van der Waals surface area contributed by atoms with Gasteiger partial charge in [0, 0.05) is 28.7 Å². The first-order valence-corrected chi connectivity index (χ1v) is 9.09. The van der Waals surface area contributed by atoms with Crippen LogP contribution in [0.4, 0.5) is 0 Å². The van der Waals surface area contributed by atoms with E-state index in [2.05, 4.69) is 74.6 Å². The van der Waals surface area contributed by atoms with Crippen molar-refractivity contribution in [1.82, 2.24) is 10.2 Å². The van der Waals surface area contributed by atoms with E-state index in [4.69, 9.17) is 0 Å². The quantitative estimate of drug-likeness (QED) is 0.780. The van der Waals surface area contributed by atoms with Crippen LogP contribution >= 0.6 is 0 Å². The van der Waals surface area contributed by atoms with Crippen molar-refractivity contribution in [2.45, 2.75) is 75.3 Å². The molecule has 23 heavy (non-hydrogen) atoms. The molecule has 0 aromatic carbocycles. The van der Waals surface area contributed by atoms with Crippen LogP contribution in [0.2, 0.25) is 0 Å². The zero-order valence-electron chi connectivity index (χ0n) is 16.7. The highest BCUT2D eigenvalue weighted by Crippen LogP contribution is 2.34. The number of hydrogen-bond acceptors (Lipinski definition) is 2. The van der Waals surface area contributed by atoms with Gasteiger partial charge in [-0.05, 0) is 37.5 Å². The summed E-state index contributed by atoms with van der Waals surface area (Å²) in [7, 11) is 0. The topological polar surface area (TPSA) is 32.3 Å². The lowest BCUT2D eigenvalue weighted by Crippen LogP contribution is -2.40. The van der Waals surface area contributed by atoms with E-state index in [0.29, 0.717) is 17.8 Å². The minimum Gasteiger partial charge on any atom is -0.360 e. The molecule has 0 radical (unpaired) electrons. The highest BCUT2D eigenvalue weighted by molar-refractivity contribution is 5.96. The maximum Gasteiger partial charge on any atom is 0.256 e. The fourth-order valence-electron chi connectivity index (χ4n) is 3.32. The van der Waals surface area contributed by atoms with Gasteiger partial charge in [-0.3, -0.25) is 4.79 Å². The van der Waals surface area contributed by atoms with Gasteiger partial charge in [0.25, 0.3) is 5.91 Å². The van der Waals surface area contributed by atoms with Crippen molar-refractivity contribution in [3.63, 3.8) is 0 Å². The molecule has 1 aliphatic heterocycles. The summed E-state index contributed by atoms with van der Waals surface area (Å²) in [4.78, 5) is 15.4. The fraction of sp³-hybridized carbons (Fsp3) is 0.750. The molecule has 0 saturated heterocycles. The molecule has 0 aromatic heterocycles. The third kappa shape index (κ3) is 3.99. The van der Waals surface area contributed by atoms with Crippen LogP contribution in [0.1, 0.15) is 69.2 Å². The number of allylic oxidation sites excluding steroid dienone is 3. The Morgan fingerprint density at radius 3 is 1.48 bits per heavy atom. The second kappa shape index (κ2) is 7.55. The predicted molar refractivity (Wildman–Crippen MR) is 98.5 cm³/mol.